The van der Waals surface area contributed by atoms with Gasteiger partial charge in [-0.15, -0.1) is 11.3 Å². The van der Waals surface area contributed by atoms with Crippen molar-refractivity contribution in [3.05, 3.63) is 47.2 Å². The molecule has 0 aromatic carbocycles. The van der Waals surface area contributed by atoms with Crippen molar-refractivity contribution < 1.29 is 4.79 Å². The van der Waals surface area contributed by atoms with Gasteiger partial charge in [0.25, 0.3) is 5.91 Å². The maximum atomic E-state index is 11.7. The normalized spacial score (nSPS) is 10.5. The van der Waals surface area contributed by atoms with E-state index in [9.17, 15) is 4.79 Å². The molecule has 3 heterocycles. The predicted molar refractivity (Wildman–Crippen MR) is 89.3 cm³/mol. The number of hydrogen-bond acceptors (Lipinski definition) is 6. The average molecular weight is 328 g/mol. The predicted octanol–water partition coefficient (Wildman–Crippen LogP) is 2.29. The van der Waals surface area contributed by atoms with E-state index < -0.39 is 0 Å². The van der Waals surface area contributed by atoms with Gasteiger partial charge in [-0.05, 0) is 30.5 Å². The molecular weight excluding hydrogens is 312 g/mol. The van der Waals surface area contributed by atoms with Crippen LogP contribution in [0.1, 0.15) is 23.1 Å². The zero-order chi connectivity index (χ0) is 16.1. The molecule has 0 saturated carbocycles. The molecule has 118 valence electrons. The van der Waals surface area contributed by atoms with Gasteiger partial charge in [0.05, 0.1) is 17.0 Å². The van der Waals surface area contributed by atoms with Crippen LogP contribution >= 0.6 is 11.3 Å². The first-order valence-electron chi connectivity index (χ1n) is 7.19. The van der Waals surface area contributed by atoms with Crippen LogP contribution in [-0.2, 0) is 6.54 Å². The number of nitrogens with zero attached hydrogens (tertiary/aromatic N) is 3. The van der Waals surface area contributed by atoms with Crippen molar-refractivity contribution in [3.8, 4) is 10.7 Å². The average Bonchev–Trinajstić information content (AvgIpc) is 3.25. The number of nitrogens with one attached hydrogen (secondary N) is 3. The molecule has 3 rings (SSSR count). The summed E-state index contributed by atoms with van der Waals surface area (Å²) in [6.45, 7) is 2.95. The van der Waals surface area contributed by atoms with E-state index in [0.717, 1.165) is 10.7 Å². The Hall–Kier alpha value is -2.74. The lowest BCUT2D eigenvalue weighted by atomic mass is 10.2. The lowest BCUT2D eigenvalue weighted by molar-refractivity contribution is 0.0955. The fourth-order valence-electron chi connectivity index (χ4n) is 1.96. The van der Waals surface area contributed by atoms with Gasteiger partial charge in [-0.3, -0.25) is 9.89 Å². The number of thiophene rings is 1. The van der Waals surface area contributed by atoms with Gasteiger partial charge in [0.1, 0.15) is 11.6 Å². The van der Waals surface area contributed by atoms with Crippen LogP contribution in [-0.4, -0.2) is 32.6 Å². The minimum absolute atomic E-state index is 0.123. The Labute approximate surface area is 137 Å². The fourth-order valence-corrected chi connectivity index (χ4v) is 2.62. The summed E-state index contributed by atoms with van der Waals surface area (Å²) in [4.78, 5) is 21.3. The molecule has 0 saturated heterocycles. The van der Waals surface area contributed by atoms with E-state index in [1.54, 1.807) is 29.7 Å². The van der Waals surface area contributed by atoms with Gasteiger partial charge in [0.2, 0.25) is 0 Å². The Bertz CT molecular complexity index is 766. The van der Waals surface area contributed by atoms with Gasteiger partial charge in [0, 0.05) is 12.7 Å². The molecule has 23 heavy (non-hydrogen) atoms. The largest absolute Gasteiger partial charge is 0.363 e. The van der Waals surface area contributed by atoms with Crippen LogP contribution in [0.25, 0.3) is 10.7 Å². The fraction of sp³-hybridized carbons (Fsp3) is 0.200. The van der Waals surface area contributed by atoms with E-state index in [-0.39, 0.29) is 5.91 Å². The van der Waals surface area contributed by atoms with Crippen molar-refractivity contribution >= 4 is 23.1 Å². The van der Waals surface area contributed by atoms with Crippen molar-refractivity contribution in [2.45, 2.75) is 13.5 Å². The first kappa shape index (κ1) is 15.2. The molecule has 0 bridgehead atoms. The zero-order valence-electron chi connectivity index (χ0n) is 12.5. The monoisotopic (exact) mass is 328 g/mol. The molecule has 8 heteroatoms. The second kappa shape index (κ2) is 7.01. The lowest BCUT2D eigenvalue weighted by Crippen LogP contribution is -2.22. The van der Waals surface area contributed by atoms with Crippen molar-refractivity contribution in [3.63, 3.8) is 0 Å². The van der Waals surface area contributed by atoms with Crippen molar-refractivity contribution in [2.75, 3.05) is 11.9 Å². The molecule has 0 aliphatic heterocycles. The standard InChI is InChI=1S/C15H16N6OS/c1-2-16-15(22)10-5-6-12(17-8-10)18-9-13-19-14(21-20-13)11-4-3-7-23-11/h3-8H,2,9H2,1H3,(H,16,22)(H,17,18)(H,19,20,21). The maximum absolute atomic E-state index is 11.7. The second-order valence-corrected chi connectivity index (χ2v) is 5.68. The summed E-state index contributed by atoms with van der Waals surface area (Å²) in [7, 11) is 0. The molecular formula is C15H16N6OS. The van der Waals surface area contributed by atoms with E-state index >= 15 is 0 Å². The van der Waals surface area contributed by atoms with Gasteiger partial charge >= 0.3 is 0 Å². The Morgan fingerprint density at radius 1 is 1.35 bits per heavy atom. The third kappa shape index (κ3) is 3.72. The third-order valence-corrected chi connectivity index (χ3v) is 3.94. The zero-order valence-corrected chi connectivity index (χ0v) is 13.4. The summed E-state index contributed by atoms with van der Waals surface area (Å²) in [5.41, 5.74) is 0.539. The Morgan fingerprint density at radius 2 is 2.26 bits per heavy atom. The van der Waals surface area contributed by atoms with Crippen LogP contribution in [0.4, 0.5) is 5.82 Å². The molecule has 0 aliphatic rings. The SMILES string of the molecule is CCNC(=O)c1ccc(NCc2nc(-c3cccs3)n[nH]2)nc1. The van der Waals surface area contributed by atoms with Crippen LogP contribution < -0.4 is 10.6 Å². The van der Waals surface area contributed by atoms with Crippen LogP contribution in [0.15, 0.2) is 35.8 Å². The minimum atomic E-state index is -0.123. The number of H-pyrrole nitrogens is 1. The number of amides is 1. The maximum Gasteiger partial charge on any atom is 0.252 e. The number of aromatic nitrogens is 4. The molecule has 0 atom stereocenters. The van der Waals surface area contributed by atoms with Crippen LogP contribution in [0, 0.1) is 0 Å². The van der Waals surface area contributed by atoms with Crippen LogP contribution in [0.5, 0.6) is 0 Å². The number of carbonyl (C=O) groups excluding carboxylic acids is 1. The smallest absolute Gasteiger partial charge is 0.252 e. The van der Waals surface area contributed by atoms with Crippen LogP contribution in [0.3, 0.4) is 0 Å². The van der Waals surface area contributed by atoms with Crippen molar-refractivity contribution in [1.82, 2.24) is 25.5 Å². The van der Waals surface area contributed by atoms with E-state index in [0.29, 0.717) is 30.3 Å². The minimum Gasteiger partial charge on any atom is -0.363 e. The summed E-state index contributed by atoms with van der Waals surface area (Å²) < 4.78 is 0. The molecule has 0 aliphatic carbocycles. The number of anilines is 1. The van der Waals surface area contributed by atoms with Gasteiger partial charge < -0.3 is 10.6 Å². The summed E-state index contributed by atoms with van der Waals surface area (Å²) in [5, 5.41) is 15.0. The van der Waals surface area contributed by atoms with Crippen LogP contribution in [0.2, 0.25) is 0 Å². The summed E-state index contributed by atoms with van der Waals surface area (Å²) in [6, 6.07) is 7.44. The molecule has 3 aromatic rings. The Kier molecular flexibility index (Phi) is 4.62. The van der Waals surface area contributed by atoms with Crippen molar-refractivity contribution in [2.24, 2.45) is 0 Å². The molecule has 0 radical (unpaired) electrons. The van der Waals surface area contributed by atoms with Gasteiger partial charge in [-0.25, -0.2) is 9.97 Å². The molecule has 0 fully saturated rings. The highest BCUT2D eigenvalue weighted by Gasteiger charge is 2.07. The lowest BCUT2D eigenvalue weighted by Gasteiger charge is -2.05. The first-order valence-corrected chi connectivity index (χ1v) is 8.07. The number of hydrogen-bond donors (Lipinski definition) is 3. The molecule has 7 nitrogen and oxygen atoms in total. The molecule has 3 aromatic heterocycles. The van der Waals surface area contributed by atoms with Gasteiger partial charge in [-0.1, -0.05) is 6.07 Å². The Morgan fingerprint density at radius 3 is 2.96 bits per heavy atom. The number of carbonyl (C=O) groups is 1. The highest BCUT2D eigenvalue weighted by Crippen LogP contribution is 2.20. The number of aromatic amines is 1. The summed E-state index contributed by atoms with van der Waals surface area (Å²) >= 11 is 1.60. The summed E-state index contributed by atoms with van der Waals surface area (Å²) in [6.07, 6.45) is 1.55. The highest BCUT2D eigenvalue weighted by atomic mass is 32.1. The third-order valence-electron chi connectivity index (χ3n) is 3.07. The van der Waals surface area contributed by atoms with E-state index in [2.05, 4.69) is 30.8 Å². The molecule has 3 N–H and O–H groups in total. The van der Waals surface area contributed by atoms with E-state index in [1.165, 1.54) is 0 Å². The highest BCUT2D eigenvalue weighted by molar-refractivity contribution is 7.13. The number of rotatable bonds is 6. The molecule has 1 amide bonds. The van der Waals surface area contributed by atoms with Crippen molar-refractivity contribution in [1.29, 1.82) is 0 Å². The molecule has 0 unspecified atom stereocenters. The van der Waals surface area contributed by atoms with E-state index in [1.807, 2.05) is 24.4 Å². The van der Waals surface area contributed by atoms with E-state index in [4.69, 9.17) is 0 Å². The topological polar surface area (TPSA) is 95.6 Å². The van der Waals surface area contributed by atoms with Gasteiger partial charge in [0.15, 0.2) is 5.82 Å². The molecule has 0 spiro atoms. The quantitative estimate of drug-likeness (QED) is 0.645. The number of pyridine rings is 1. The summed E-state index contributed by atoms with van der Waals surface area (Å²) in [5.74, 6) is 1.97. The Balaban J connectivity index is 1.59. The van der Waals surface area contributed by atoms with Gasteiger partial charge in [-0.2, -0.15) is 5.10 Å². The first-order chi connectivity index (χ1) is 11.3. The second-order valence-electron chi connectivity index (χ2n) is 4.73.